The highest BCUT2D eigenvalue weighted by Gasteiger charge is 2.39. The summed E-state index contributed by atoms with van der Waals surface area (Å²) in [5.41, 5.74) is -0.636. The fourth-order valence-electron chi connectivity index (χ4n) is 2.32. The van der Waals surface area contributed by atoms with Crippen molar-refractivity contribution in [1.29, 1.82) is 5.26 Å². The first kappa shape index (κ1) is 20.7. The van der Waals surface area contributed by atoms with E-state index in [1.165, 1.54) is 6.07 Å². The fraction of sp³-hybridized carbons (Fsp3) is 0.111. The van der Waals surface area contributed by atoms with Crippen molar-refractivity contribution >= 4 is 35.2 Å². The molecule has 140 valence electrons. The molecule has 0 heterocycles. The van der Waals surface area contributed by atoms with Crippen LogP contribution in [0.1, 0.15) is 33.0 Å². The van der Waals surface area contributed by atoms with Crippen LogP contribution in [0.3, 0.4) is 0 Å². The van der Waals surface area contributed by atoms with Gasteiger partial charge in [-0.15, -0.1) is 0 Å². The molecule has 2 aromatic carbocycles. The van der Waals surface area contributed by atoms with Crippen molar-refractivity contribution < 1.29 is 27.5 Å². The molecule has 3 nitrogen and oxygen atoms in total. The maximum absolute atomic E-state index is 13.5. The maximum Gasteiger partial charge on any atom is 0.399 e. The lowest BCUT2D eigenvalue weighted by molar-refractivity contribution is -0.139. The third-order valence-electron chi connectivity index (χ3n) is 3.59. The van der Waals surface area contributed by atoms with E-state index in [-0.39, 0.29) is 22.3 Å². The molecule has 1 N–H and O–H groups in total. The van der Waals surface area contributed by atoms with E-state index in [4.69, 9.17) is 33.6 Å². The summed E-state index contributed by atoms with van der Waals surface area (Å²) in [6.45, 7) is 0. The molecule has 0 spiro atoms. The lowest BCUT2D eigenvalue weighted by Gasteiger charge is -2.18. The number of rotatable bonds is 4. The van der Waals surface area contributed by atoms with Crippen molar-refractivity contribution in [2.24, 2.45) is 0 Å². The zero-order chi connectivity index (χ0) is 20.4. The molecule has 0 saturated heterocycles. The van der Waals surface area contributed by atoms with E-state index < -0.39 is 33.9 Å². The SMILES string of the molecule is N#Cc1cc(/C=C/C(c2cc(Cl)c(F)c(Cl)c2)C(F)(F)F)ccc1C(=O)O. The van der Waals surface area contributed by atoms with Gasteiger partial charge in [0.25, 0.3) is 0 Å². The van der Waals surface area contributed by atoms with Gasteiger partial charge in [-0.3, -0.25) is 0 Å². The number of carboxylic acids is 1. The molecule has 0 aliphatic rings. The summed E-state index contributed by atoms with van der Waals surface area (Å²) in [6, 6.07) is 6.87. The summed E-state index contributed by atoms with van der Waals surface area (Å²) in [5, 5.41) is 16.9. The van der Waals surface area contributed by atoms with E-state index in [9.17, 15) is 22.4 Å². The molecule has 0 aliphatic carbocycles. The van der Waals surface area contributed by atoms with Crippen LogP contribution in [-0.2, 0) is 0 Å². The molecule has 0 bridgehead atoms. The largest absolute Gasteiger partial charge is 0.478 e. The van der Waals surface area contributed by atoms with Crippen molar-refractivity contribution in [3.63, 3.8) is 0 Å². The Hall–Kier alpha value is -2.56. The number of carboxylic acid groups (broad SMARTS) is 1. The normalized spacial score (nSPS) is 12.8. The Labute approximate surface area is 161 Å². The van der Waals surface area contributed by atoms with Gasteiger partial charge >= 0.3 is 12.1 Å². The predicted octanol–water partition coefficient (Wildman–Crippen LogP) is 6.06. The molecule has 9 heteroatoms. The first-order chi connectivity index (χ1) is 12.5. The number of halogens is 6. The number of carbonyl (C=O) groups is 1. The second-order valence-corrected chi connectivity index (χ2v) is 6.21. The van der Waals surface area contributed by atoms with Gasteiger partial charge in [-0.2, -0.15) is 18.4 Å². The highest BCUT2D eigenvalue weighted by molar-refractivity contribution is 6.35. The van der Waals surface area contributed by atoms with Crippen LogP contribution in [-0.4, -0.2) is 17.3 Å². The third-order valence-corrected chi connectivity index (χ3v) is 4.14. The molecule has 0 aromatic heterocycles. The van der Waals surface area contributed by atoms with E-state index in [2.05, 4.69) is 0 Å². The minimum absolute atomic E-state index is 0.185. The van der Waals surface area contributed by atoms with Gasteiger partial charge in [0.15, 0.2) is 5.82 Å². The number of allylic oxidation sites excluding steroid dienone is 1. The van der Waals surface area contributed by atoms with Crippen LogP contribution in [0.2, 0.25) is 10.0 Å². The molecule has 0 radical (unpaired) electrons. The van der Waals surface area contributed by atoms with Gasteiger partial charge in [-0.25, -0.2) is 9.18 Å². The average Bonchev–Trinajstić information content (AvgIpc) is 2.58. The minimum atomic E-state index is -4.72. The number of aromatic carboxylic acids is 1. The smallest absolute Gasteiger partial charge is 0.399 e. The highest BCUT2D eigenvalue weighted by atomic mass is 35.5. The second-order valence-electron chi connectivity index (χ2n) is 5.40. The van der Waals surface area contributed by atoms with Crippen molar-refractivity contribution in [2.45, 2.75) is 12.1 Å². The second kappa shape index (κ2) is 7.99. The Balaban J connectivity index is 2.47. The molecule has 0 amide bonds. The summed E-state index contributed by atoms with van der Waals surface area (Å²) in [4.78, 5) is 11.0. The van der Waals surface area contributed by atoms with E-state index in [1.807, 2.05) is 0 Å². The van der Waals surface area contributed by atoms with Gasteiger partial charge in [0, 0.05) is 0 Å². The number of nitriles is 1. The summed E-state index contributed by atoms with van der Waals surface area (Å²) < 4.78 is 53.7. The van der Waals surface area contributed by atoms with Crippen LogP contribution < -0.4 is 0 Å². The number of nitrogens with zero attached hydrogens (tertiary/aromatic N) is 1. The van der Waals surface area contributed by atoms with Crippen LogP contribution in [0.5, 0.6) is 0 Å². The summed E-state index contributed by atoms with van der Waals surface area (Å²) in [5.74, 6) is -4.49. The van der Waals surface area contributed by atoms with Gasteiger partial charge in [-0.05, 0) is 35.4 Å². The molecular formula is C18H9Cl2F4NO2. The van der Waals surface area contributed by atoms with E-state index >= 15 is 0 Å². The minimum Gasteiger partial charge on any atom is -0.478 e. The first-order valence-electron chi connectivity index (χ1n) is 7.21. The zero-order valence-electron chi connectivity index (χ0n) is 13.2. The van der Waals surface area contributed by atoms with Crippen LogP contribution >= 0.6 is 23.2 Å². The summed E-state index contributed by atoms with van der Waals surface area (Å²) in [7, 11) is 0. The Bertz CT molecular complexity index is 942. The molecular weight excluding hydrogens is 409 g/mol. The quantitative estimate of drug-likeness (QED) is 0.485. The lowest BCUT2D eigenvalue weighted by atomic mass is 9.96. The Kier molecular flexibility index (Phi) is 6.14. The van der Waals surface area contributed by atoms with Crippen LogP contribution in [0, 0.1) is 17.1 Å². The van der Waals surface area contributed by atoms with Crippen LogP contribution in [0.15, 0.2) is 36.4 Å². The van der Waals surface area contributed by atoms with E-state index in [0.29, 0.717) is 0 Å². The lowest BCUT2D eigenvalue weighted by Crippen LogP contribution is -2.19. The van der Waals surface area contributed by atoms with E-state index in [1.54, 1.807) is 6.07 Å². The van der Waals surface area contributed by atoms with Crippen LogP contribution in [0.4, 0.5) is 17.6 Å². The molecule has 2 aromatic rings. The molecule has 27 heavy (non-hydrogen) atoms. The van der Waals surface area contributed by atoms with Crippen molar-refractivity contribution in [3.8, 4) is 6.07 Å². The molecule has 1 unspecified atom stereocenters. The third kappa shape index (κ3) is 4.79. The van der Waals surface area contributed by atoms with Gasteiger partial charge in [0.2, 0.25) is 0 Å². The number of alkyl halides is 3. The number of hydrogen-bond donors (Lipinski definition) is 1. The maximum atomic E-state index is 13.5. The van der Waals surface area contributed by atoms with Crippen molar-refractivity contribution in [2.75, 3.05) is 0 Å². The summed E-state index contributed by atoms with van der Waals surface area (Å²) >= 11 is 11.1. The Morgan fingerprint density at radius 3 is 2.26 bits per heavy atom. The highest BCUT2D eigenvalue weighted by Crippen LogP contribution is 2.39. The predicted molar refractivity (Wildman–Crippen MR) is 92.4 cm³/mol. The zero-order valence-corrected chi connectivity index (χ0v) is 14.7. The molecule has 1 atom stereocenters. The molecule has 0 fully saturated rings. The molecule has 2 rings (SSSR count). The number of benzene rings is 2. The van der Waals surface area contributed by atoms with E-state index in [0.717, 1.165) is 36.4 Å². The van der Waals surface area contributed by atoms with Gasteiger partial charge < -0.3 is 5.11 Å². The van der Waals surface area contributed by atoms with Gasteiger partial charge in [0.05, 0.1) is 27.1 Å². The van der Waals surface area contributed by atoms with Gasteiger partial charge in [-0.1, -0.05) is 41.4 Å². The Morgan fingerprint density at radius 1 is 1.19 bits per heavy atom. The average molecular weight is 418 g/mol. The standard InChI is InChI=1S/C18H9Cl2F4NO2/c19-14-6-10(7-15(20)16(14)21)13(18(22,23)24)4-2-9-1-3-12(17(26)27)11(5-9)8-25/h1-7,13H,(H,26,27)/b4-2+. The van der Waals surface area contributed by atoms with Gasteiger partial charge in [0.1, 0.15) is 6.07 Å². The van der Waals surface area contributed by atoms with Crippen molar-refractivity contribution in [1.82, 2.24) is 0 Å². The first-order valence-corrected chi connectivity index (χ1v) is 7.97. The summed E-state index contributed by atoms with van der Waals surface area (Å²) in [6.07, 6.45) is -2.85. The fourth-order valence-corrected chi connectivity index (χ4v) is 2.82. The van der Waals surface area contributed by atoms with Crippen LogP contribution in [0.25, 0.3) is 6.08 Å². The topological polar surface area (TPSA) is 61.1 Å². The number of hydrogen-bond acceptors (Lipinski definition) is 2. The molecule has 0 aliphatic heterocycles. The Morgan fingerprint density at radius 2 is 1.78 bits per heavy atom. The monoisotopic (exact) mass is 417 g/mol. The van der Waals surface area contributed by atoms with Crippen molar-refractivity contribution in [3.05, 3.63) is 74.5 Å². The molecule has 0 saturated carbocycles.